The minimum atomic E-state index is -0.120. The summed E-state index contributed by atoms with van der Waals surface area (Å²) in [5.74, 6) is -0.0972. The molecular weight excluding hydrogens is 118 g/mol. The van der Waals surface area contributed by atoms with Crippen LogP contribution in [0.2, 0.25) is 0 Å². The zero-order valence-corrected chi connectivity index (χ0v) is 5.68. The van der Waals surface area contributed by atoms with Crippen LogP contribution in [0.1, 0.15) is 6.92 Å². The van der Waals surface area contributed by atoms with E-state index in [1.165, 1.54) is 7.11 Å². The molecule has 1 aliphatic heterocycles. The average molecular weight is 129 g/mol. The molecule has 0 amide bonds. The van der Waals surface area contributed by atoms with E-state index in [9.17, 15) is 4.79 Å². The van der Waals surface area contributed by atoms with E-state index in [1.807, 2.05) is 6.92 Å². The zero-order chi connectivity index (χ0) is 6.85. The van der Waals surface area contributed by atoms with Crippen molar-refractivity contribution in [2.24, 2.45) is 5.92 Å². The summed E-state index contributed by atoms with van der Waals surface area (Å²) in [6.45, 7) is 2.83. The van der Waals surface area contributed by atoms with E-state index in [1.54, 1.807) is 0 Å². The lowest BCUT2D eigenvalue weighted by molar-refractivity contribution is -0.144. The lowest BCUT2D eigenvalue weighted by Gasteiger charge is -2.03. The van der Waals surface area contributed by atoms with Crippen molar-refractivity contribution in [2.75, 3.05) is 13.7 Å². The van der Waals surface area contributed by atoms with Gasteiger partial charge in [0.05, 0.1) is 13.0 Å². The Morgan fingerprint density at radius 2 is 2.44 bits per heavy atom. The Hall–Kier alpha value is -0.570. The highest BCUT2D eigenvalue weighted by molar-refractivity contribution is 5.73. The second kappa shape index (κ2) is 2.35. The van der Waals surface area contributed by atoms with Crippen LogP contribution in [-0.4, -0.2) is 25.7 Å². The van der Waals surface area contributed by atoms with Crippen LogP contribution in [0.3, 0.4) is 0 Å². The molecule has 0 aliphatic carbocycles. The van der Waals surface area contributed by atoms with Gasteiger partial charge >= 0.3 is 5.97 Å². The number of hydrogen-bond donors (Lipinski definition) is 1. The number of methoxy groups -OCH3 is 1. The molecule has 0 aromatic heterocycles. The molecular formula is C6H11NO2. The van der Waals surface area contributed by atoms with Crippen LogP contribution in [0.4, 0.5) is 0 Å². The third-order valence-corrected chi connectivity index (χ3v) is 1.62. The maximum atomic E-state index is 10.7. The van der Waals surface area contributed by atoms with Crippen molar-refractivity contribution in [2.45, 2.75) is 13.0 Å². The molecule has 1 aliphatic rings. The first-order valence-corrected chi connectivity index (χ1v) is 3.07. The quantitative estimate of drug-likeness (QED) is 0.413. The topological polar surface area (TPSA) is 48.2 Å². The summed E-state index contributed by atoms with van der Waals surface area (Å²) in [5.41, 5.74) is 0. The van der Waals surface area contributed by atoms with Crippen molar-refractivity contribution in [1.82, 2.24) is 5.32 Å². The number of esters is 1. The van der Waals surface area contributed by atoms with Gasteiger partial charge in [0.25, 0.3) is 0 Å². The zero-order valence-electron chi connectivity index (χ0n) is 5.68. The molecule has 0 aromatic rings. The van der Waals surface area contributed by atoms with Gasteiger partial charge in [0.1, 0.15) is 0 Å². The Morgan fingerprint density at radius 3 is 2.78 bits per heavy atom. The highest BCUT2D eigenvalue weighted by Crippen LogP contribution is 2.11. The first-order valence-electron chi connectivity index (χ1n) is 3.07. The molecule has 0 unspecified atom stereocenters. The van der Waals surface area contributed by atoms with Crippen LogP contribution in [-0.2, 0) is 9.53 Å². The SMILES string of the molecule is COC(=O)[C@H](C)[C@H]1CN1. The predicted molar refractivity (Wildman–Crippen MR) is 33.0 cm³/mol. The predicted octanol–water partition coefficient (Wildman–Crippen LogP) is -0.233. The van der Waals surface area contributed by atoms with Gasteiger partial charge in [-0.2, -0.15) is 0 Å². The summed E-state index contributed by atoms with van der Waals surface area (Å²) < 4.78 is 4.53. The van der Waals surface area contributed by atoms with Gasteiger partial charge in [-0.25, -0.2) is 0 Å². The lowest BCUT2D eigenvalue weighted by atomic mass is 10.1. The minimum Gasteiger partial charge on any atom is -0.469 e. The smallest absolute Gasteiger partial charge is 0.310 e. The van der Waals surface area contributed by atoms with E-state index in [4.69, 9.17) is 0 Å². The number of hydrogen-bond acceptors (Lipinski definition) is 3. The Kier molecular flexibility index (Phi) is 1.71. The summed E-state index contributed by atoms with van der Waals surface area (Å²) in [7, 11) is 1.42. The fraction of sp³-hybridized carbons (Fsp3) is 0.833. The van der Waals surface area contributed by atoms with Gasteiger partial charge in [-0.15, -0.1) is 0 Å². The number of carbonyl (C=O) groups is 1. The monoisotopic (exact) mass is 129 g/mol. The fourth-order valence-electron chi connectivity index (χ4n) is 0.772. The molecule has 0 radical (unpaired) electrons. The van der Waals surface area contributed by atoms with Gasteiger partial charge < -0.3 is 10.1 Å². The van der Waals surface area contributed by atoms with Crippen molar-refractivity contribution in [3.05, 3.63) is 0 Å². The molecule has 52 valence electrons. The second-order valence-electron chi connectivity index (χ2n) is 2.33. The van der Waals surface area contributed by atoms with E-state index >= 15 is 0 Å². The Bertz CT molecular complexity index is 120. The van der Waals surface area contributed by atoms with Crippen molar-refractivity contribution in [3.8, 4) is 0 Å². The van der Waals surface area contributed by atoms with Crippen LogP contribution in [0.5, 0.6) is 0 Å². The van der Waals surface area contributed by atoms with E-state index in [0.717, 1.165) is 6.54 Å². The molecule has 0 spiro atoms. The molecule has 1 heterocycles. The maximum Gasteiger partial charge on any atom is 0.310 e. The van der Waals surface area contributed by atoms with Crippen LogP contribution in [0.15, 0.2) is 0 Å². The van der Waals surface area contributed by atoms with Crippen molar-refractivity contribution in [1.29, 1.82) is 0 Å². The summed E-state index contributed by atoms with van der Waals surface area (Å²) in [4.78, 5) is 10.7. The normalized spacial score (nSPS) is 27.1. The molecule has 0 aromatic carbocycles. The highest BCUT2D eigenvalue weighted by atomic mass is 16.5. The molecule has 9 heavy (non-hydrogen) atoms. The second-order valence-corrected chi connectivity index (χ2v) is 2.33. The number of carbonyl (C=O) groups excluding carboxylic acids is 1. The van der Waals surface area contributed by atoms with Crippen LogP contribution in [0, 0.1) is 5.92 Å². The number of nitrogens with one attached hydrogen (secondary N) is 1. The third kappa shape index (κ3) is 1.42. The average Bonchev–Trinajstić information content (AvgIpc) is 2.66. The summed E-state index contributed by atoms with van der Waals surface area (Å²) in [6.07, 6.45) is 0. The Morgan fingerprint density at radius 1 is 1.89 bits per heavy atom. The van der Waals surface area contributed by atoms with Gasteiger partial charge in [0, 0.05) is 12.6 Å². The first kappa shape index (κ1) is 6.55. The maximum absolute atomic E-state index is 10.7. The van der Waals surface area contributed by atoms with Crippen molar-refractivity contribution in [3.63, 3.8) is 0 Å². The molecule has 0 bridgehead atoms. The molecule has 2 atom stereocenters. The minimum absolute atomic E-state index is 0.0231. The summed E-state index contributed by atoms with van der Waals surface area (Å²) >= 11 is 0. The molecule has 1 fully saturated rings. The van der Waals surface area contributed by atoms with Crippen LogP contribution >= 0.6 is 0 Å². The van der Waals surface area contributed by atoms with Gasteiger partial charge in [0.2, 0.25) is 0 Å². The Balaban J connectivity index is 2.30. The fourth-order valence-corrected chi connectivity index (χ4v) is 0.772. The lowest BCUT2D eigenvalue weighted by Crippen LogP contribution is -2.19. The van der Waals surface area contributed by atoms with Gasteiger partial charge in [-0.3, -0.25) is 4.79 Å². The highest BCUT2D eigenvalue weighted by Gasteiger charge is 2.32. The van der Waals surface area contributed by atoms with Crippen LogP contribution in [0.25, 0.3) is 0 Å². The van der Waals surface area contributed by atoms with Crippen LogP contribution < -0.4 is 5.32 Å². The van der Waals surface area contributed by atoms with Gasteiger partial charge in [-0.1, -0.05) is 6.92 Å². The van der Waals surface area contributed by atoms with Crippen molar-refractivity contribution < 1.29 is 9.53 Å². The van der Waals surface area contributed by atoms with E-state index in [-0.39, 0.29) is 11.9 Å². The molecule has 0 saturated carbocycles. The first-order chi connectivity index (χ1) is 4.25. The largest absolute Gasteiger partial charge is 0.469 e. The summed E-state index contributed by atoms with van der Waals surface area (Å²) in [6, 6.07) is 0.373. The Labute approximate surface area is 54.4 Å². The molecule has 1 saturated heterocycles. The third-order valence-electron chi connectivity index (χ3n) is 1.62. The summed E-state index contributed by atoms with van der Waals surface area (Å²) in [5, 5.41) is 3.05. The molecule has 3 nitrogen and oxygen atoms in total. The van der Waals surface area contributed by atoms with E-state index in [2.05, 4.69) is 10.1 Å². The number of ether oxygens (including phenoxy) is 1. The molecule has 1 N–H and O–H groups in total. The van der Waals surface area contributed by atoms with Gasteiger partial charge in [0.15, 0.2) is 0 Å². The number of rotatable bonds is 2. The van der Waals surface area contributed by atoms with Crippen molar-refractivity contribution >= 4 is 5.97 Å². The van der Waals surface area contributed by atoms with E-state index in [0.29, 0.717) is 6.04 Å². The molecule has 3 heteroatoms. The van der Waals surface area contributed by atoms with Gasteiger partial charge in [-0.05, 0) is 0 Å². The standard InChI is InChI=1S/C6H11NO2/c1-4(5-3-7-5)6(8)9-2/h4-5,7H,3H2,1-2H3/t4-,5-/m1/s1. The van der Waals surface area contributed by atoms with E-state index < -0.39 is 0 Å². The molecule has 1 rings (SSSR count).